The normalized spacial score (nSPS) is 12.2. The van der Waals surface area contributed by atoms with E-state index in [1.165, 1.54) is 18.4 Å². The molecule has 0 saturated carbocycles. The second kappa shape index (κ2) is 7.98. The first-order valence-corrected chi connectivity index (χ1v) is 6.72. The van der Waals surface area contributed by atoms with E-state index in [4.69, 9.17) is 9.47 Å². The highest BCUT2D eigenvalue weighted by Gasteiger charge is 2.11. The molecule has 0 heterocycles. The van der Waals surface area contributed by atoms with Gasteiger partial charge in [0.25, 0.3) is 0 Å². The quantitative estimate of drug-likeness (QED) is 0.717. The summed E-state index contributed by atoms with van der Waals surface area (Å²) in [6.07, 6.45) is 3.50. The molecule has 1 aromatic carbocycles. The summed E-state index contributed by atoms with van der Waals surface area (Å²) < 4.78 is 10.6. The van der Waals surface area contributed by atoms with Crippen molar-refractivity contribution < 1.29 is 9.47 Å². The summed E-state index contributed by atoms with van der Waals surface area (Å²) in [5, 5.41) is 3.58. The molecule has 3 heteroatoms. The maximum absolute atomic E-state index is 5.34. The molecule has 0 bridgehead atoms. The molecule has 1 atom stereocenters. The van der Waals surface area contributed by atoms with Gasteiger partial charge in [-0.2, -0.15) is 0 Å². The minimum atomic E-state index is 0.386. The van der Waals surface area contributed by atoms with E-state index in [1.54, 1.807) is 14.2 Å². The van der Waals surface area contributed by atoms with E-state index in [0.717, 1.165) is 24.5 Å². The van der Waals surface area contributed by atoms with Crippen LogP contribution < -0.4 is 14.8 Å². The summed E-state index contributed by atoms with van der Waals surface area (Å²) in [7, 11) is 3.33. The molecular formula is C15H25NO2. The Morgan fingerprint density at radius 3 is 2.39 bits per heavy atom. The first-order valence-electron chi connectivity index (χ1n) is 6.72. The van der Waals surface area contributed by atoms with E-state index in [0.29, 0.717) is 6.04 Å². The van der Waals surface area contributed by atoms with Crippen molar-refractivity contribution in [1.82, 2.24) is 5.32 Å². The van der Waals surface area contributed by atoms with E-state index in [9.17, 15) is 0 Å². The van der Waals surface area contributed by atoms with Crippen LogP contribution in [0.4, 0.5) is 0 Å². The van der Waals surface area contributed by atoms with Crippen LogP contribution in [0.15, 0.2) is 18.2 Å². The molecule has 1 aromatic rings. The van der Waals surface area contributed by atoms with Gasteiger partial charge in [-0.3, -0.25) is 0 Å². The highest BCUT2D eigenvalue weighted by atomic mass is 16.5. The number of benzene rings is 1. The van der Waals surface area contributed by atoms with Crippen molar-refractivity contribution >= 4 is 0 Å². The molecule has 1 N–H and O–H groups in total. The zero-order valence-electron chi connectivity index (χ0n) is 12.0. The summed E-state index contributed by atoms with van der Waals surface area (Å²) in [5.41, 5.74) is 1.26. The molecule has 1 unspecified atom stereocenters. The molecule has 0 radical (unpaired) electrons. The Kier molecular flexibility index (Phi) is 6.58. The highest BCUT2D eigenvalue weighted by molar-refractivity contribution is 5.43. The smallest absolute Gasteiger partial charge is 0.161 e. The van der Waals surface area contributed by atoms with Crippen LogP contribution in [0.2, 0.25) is 0 Å². The van der Waals surface area contributed by atoms with Gasteiger partial charge in [0.05, 0.1) is 14.2 Å². The number of unbranched alkanes of at least 4 members (excludes halogenated alkanes) is 1. The first-order chi connectivity index (χ1) is 8.76. The van der Waals surface area contributed by atoms with E-state index in [-0.39, 0.29) is 0 Å². The Morgan fingerprint density at radius 1 is 1.11 bits per heavy atom. The summed E-state index contributed by atoms with van der Waals surface area (Å²) in [4.78, 5) is 0. The average Bonchev–Trinajstić information content (AvgIpc) is 2.43. The first kappa shape index (κ1) is 14.8. The molecule has 0 aliphatic rings. The zero-order chi connectivity index (χ0) is 13.4. The van der Waals surface area contributed by atoms with Crippen molar-refractivity contribution in [3.05, 3.63) is 23.8 Å². The molecule has 102 valence electrons. The van der Waals surface area contributed by atoms with Crippen LogP contribution in [0.5, 0.6) is 11.5 Å². The maximum Gasteiger partial charge on any atom is 0.161 e. The number of methoxy groups -OCH3 is 2. The lowest BCUT2D eigenvalue weighted by molar-refractivity contribution is 0.353. The third-order valence-corrected chi connectivity index (χ3v) is 3.14. The number of rotatable bonds is 8. The monoisotopic (exact) mass is 251 g/mol. The topological polar surface area (TPSA) is 30.5 Å². The second-order valence-electron chi connectivity index (χ2n) is 4.38. The van der Waals surface area contributed by atoms with Gasteiger partial charge in [-0.15, -0.1) is 0 Å². The fraction of sp³-hybridized carbons (Fsp3) is 0.600. The van der Waals surface area contributed by atoms with Crippen molar-refractivity contribution in [2.75, 3.05) is 20.8 Å². The summed E-state index contributed by atoms with van der Waals surface area (Å²) >= 11 is 0. The summed E-state index contributed by atoms with van der Waals surface area (Å²) in [6.45, 7) is 5.46. The Morgan fingerprint density at radius 2 is 1.83 bits per heavy atom. The van der Waals surface area contributed by atoms with Crippen molar-refractivity contribution in [2.24, 2.45) is 0 Å². The zero-order valence-corrected chi connectivity index (χ0v) is 12.0. The predicted octanol–water partition coefficient (Wildman–Crippen LogP) is 3.54. The minimum absolute atomic E-state index is 0.386. The highest BCUT2D eigenvalue weighted by Crippen LogP contribution is 2.30. The molecule has 0 fully saturated rings. The molecule has 0 aliphatic heterocycles. The maximum atomic E-state index is 5.34. The van der Waals surface area contributed by atoms with E-state index < -0.39 is 0 Å². The van der Waals surface area contributed by atoms with E-state index in [2.05, 4.69) is 31.3 Å². The Hall–Kier alpha value is -1.22. The van der Waals surface area contributed by atoms with Gasteiger partial charge < -0.3 is 14.8 Å². The van der Waals surface area contributed by atoms with E-state index in [1.807, 2.05) is 6.07 Å². The van der Waals surface area contributed by atoms with Crippen LogP contribution in [-0.2, 0) is 0 Å². The molecule has 18 heavy (non-hydrogen) atoms. The fourth-order valence-corrected chi connectivity index (χ4v) is 2.02. The molecule has 0 aromatic heterocycles. The molecule has 0 amide bonds. The molecule has 0 aliphatic carbocycles. The number of hydrogen-bond donors (Lipinski definition) is 1. The van der Waals surface area contributed by atoms with Crippen LogP contribution in [0.1, 0.15) is 44.7 Å². The summed E-state index contributed by atoms with van der Waals surface area (Å²) in [5.74, 6) is 1.58. The molecule has 0 saturated heterocycles. The Labute approximate surface area is 110 Å². The molecule has 0 spiro atoms. The van der Waals surface area contributed by atoms with Crippen LogP contribution in [0.3, 0.4) is 0 Å². The van der Waals surface area contributed by atoms with Crippen LogP contribution in [0.25, 0.3) is 0 Å². The van der Waals surface area contributed by atoms with Crippen molar-refractivity contribution in [3.63, 3.8) is 0 Å². The second-order valence-corrected chi connectivity index (χ2v) is 4.38. The number of nitrogens with one attached hydrogen (secondary N) is 1. The lowest BCUT2D eigenvalue weighted by Crippen LogP contribution is -2.21. The van der Waals surface area contributed by atoms with Crippen LogP contribution >= 0.6 is 0 Å². The lowest BCUT2D eigenvalue weighted by atomic mass is 10.0. The van der Waals surface area contributed by atoms with Crippen molar-refractivity contribution in [1.29, 1.82) is 0 Å². The van der Waals surface area contributed by atoms with Crippen LogP contribution in [-0.4, -0.2) is 20.8 Å². The third kappa shape index (κ3) is 3.91. The standard InChI is InChI=1S/C15H25NO2/c1-5-7-10-16-13(6-2)12-8-9-14(17-3)15(11-12)18-4/h8-9,11,13,16H,5-7,10H2,1-4H3. The van der Waals surface area contributed by atoms with Crippen molar-refractivity contribution in [2.45, 2.75) is 39.2 Å². The Balaban J connectivity index is 2.79. The number of ether oxygens (including phenoxy) is 2. The largest absolute Gasteiger partial charge is 0.493 e. The van der Waals surface area contributed by atoms with Gasteiger partial charge >= 0.3 is 0 Å². The van der Waals surface area contributed by atoms with Gasteiger partial charge in [-0.1, -0.05) is 26.3 Å². The molecule has 3 nitrogen and oxygen atoms in total. The van der Waals surface area contributed by atoms with Gasteiger partial charge in [0.2, 0.25) is 0 Å². The molecule has 1 rings (SSSR count). The van der Waals surface area contributed by atoms with Crippen molar-refractivity contribution in [3.8, 4) is 11.5 Å². The predicted molar refractivity (Wildman–Crippen MR) is 75.5 cm³/mol. The molecular weight excluding hydrogens is 226 g/mol. The Bertz CT molecular complexity index is 352. The van der Waals surface area contributed by atoms with Crippen LogP contribution in [0, 0.1) is 0 Å². The third-order valence-electron chi connectivity index (χ3n) is 3.14. The average molecular weight is 251 g/mol. The summed E-state index contributed by atoms with van der Waals surface area (Å²) in [6, 6.07) is 6.52. The fourth-order valence-electron chi connectivity index (χ4n) is 2.02. The van der Waals surface area contributed by atoms with Gasteiger partial charge in [0.1, 0.15) is 0 Å². The van der Waals surface area contributed by atoms with Gasteiger partial charge in [-0.05, 0) is 37.1 Å². The van der Waals surface area contributed by atoms with Gasteiger partial charge in [0.15, 0.2) is 11.5 Å². The number of hydrogen-bond acceptors (Lipinski definition) is 3. The minimum Gasteiger partial charge on any atom is -0.493 e. The lowest BCUT2D eigenvalue weighted by Gasteiger charge is -2.19. The van der Waals surface area contributed by atoms with E-state index >= 15 is 0 Å². The van der Waals surface area contributed by atoms with Gasteiger partial charge in [-0.25, -0.2) is 0 Å². The SMILES string of the molecule is CCCCNC(CC)c1ccc(OC)c(OC)c1. The van der Waals surface area contributed by atoms with Gasteiger partial charge in [0, 0.05) is 6.04 Å².